The van der Waals surface area contributed by atoms with Crippen molar-refractivity contribution in [1.29, 1.82) is 0 Å². The summed E-state index contributed by atoms with van der Waals surface area (Å²) in [6, 6.07) is 3.50. The molecule has 0 unspecified atom stereocenters. The van der Waals surface area contributed by atoms with Gasteiger partial charge in [0.25, 0.3) is 5.91 Å². The monoisotopic (exact) mass is 376 g/mol. The van der Waals surface area contributed by atoms with Crippen LogP contribution in [0.5, 0.6) is 17.2 Å². The third-order valence-corrected chi connectivity index (χ3v) is 3.63. The number of anilines is 2. The maximum absolute atomic E-state index is 12.0. The number of amides is 1. The van der Waals surface area contributed by atoms with Crippen LogP contribution in [0.25, 0.3) is 0 Å². The molecular formula is C18H24N4O5. The molecule has 0 atom stereocenters. The Bertz CT molecular complexity index is 727. The molecule has 2 aromatic rings. The second-order valence-electron chi connectivity index (χ2n) is 5.43. The van der Waals surface area contributed by atoms with Gasteiger partial charge < -0.3 is 29.6 Å². The molecule has 1 heterocycles. The van der Waals surface area contributed by atoms with Crippen molar-refractivity contribution in [2.75, 3.05) is 46.9 Å². The minimum Gasteiger partial charge on any atom is -0.493 e. The number of ether oxygens (including phenoxy) is 4. The summed E-state index contributed by atoms with van der Waals surface area (Å²) in [4.78, 5) is 20.4. The van der Waals surface area contributed by atoms with Crippen molar-refractivity contribution in [1.82, 2.24) is 15.3 Å². The number of benzene rings is 1. The topological polar surface area (TPSA) is 104 Å². The van der Waals surface area contributed by atoms with Gasteiger partial charge in [0.1, 0.15) is 11.5 Å². The van der Waals surface area contributed by atoms with Crippen molar-refractivity contribution in [2.24, 2.45) is 0 Å². The molecule has 2 rings (SSSR count). The molecule has 1 amide bonds. The molecule has 0 saturated carbocycles. The molecule has 0 spiro atoms. The predicted molar refractivity (Wildman–Crippen MR) is 100 cm³/mol. The Labute approximate surface area is 158 Å². The summed E-state index contributed by atoms with van der Waals surface area (Å²) in [6.45, 7) is 1.10. The fraction of sp³-hybridized carbons (Fsp3) is 0.389. The molecule has 0 aliphatic carbocycles. The van der Waals surface area contributed by atoms with Gasteiger partial charge >= 0.3 is 0 Å². The maximum Gasteiger partial charge on any atom is 0.271 e. The molecule has 146 valence electrons. The van der Waals surface area contributed by atoms with Crippen LogP contribution in [-0.4, -0.2) is 57.5 Å². The largest absolute Gasteiger partial charge is 0.493 e. The van der Waals surface area contributed by atoms with Gasteiger partial charge in [-0.25, -0.2) is 9.97 Å². The molecule has 0 radical (unpaired) electrons. The van der Waals surface area contributed by atoms with E-state index in [9.17, 15) is 4.79 Å². The number of rotatable bonds is 10. The SMILES string of the molecule is COCCCNC(=O)c1cnc(Nc2cc(OC)c(OC)c(OC)c2)cn1. The summed E-state index contributed by atoms with van der Waals surface area (Å²) in [5.74, 6) is 1.72. The lowest BCUT2D eigenvalue weighted by atomic mass is 10.2. The zero-order valence-corrected chi connectivity index (χ0v) is 15.9. The van der Waals surface area contributed by atoms with Crippen LogP contribution in [-0.2, 0) is 4.74 Å². The van der Waals surface area contributed by atoms with E-state index in [4.69, 9.17) is 18.9 Å². The third kappa shape index (κ3) is 5.45. The van der Waals surface area contributed by atoms with Crippen molar-refractivity contribution in [2.45, 2.75) is 6.42 Å². The number of nitrogens with zero attached hydrogens (tertiary/aromatic N) is 2. The van der Waals surface area contributed by atoms with Crippen LogP contribution in [0.2, 0.25) is 0 Å². The lowest BCUT2D eigenvalue weighted by molar-refractivity contribution is 0.0943. The molecule has 1 aromatic carbocycles. The molecule has 0 aliphatic rings. The summed E-state index contributed by atoms with van der Waals surface area (Å²) < 4.78 is 20.9. The molecule has 27 heavy (non-hydrogen) atoms. The van der Waals surface area contributed by atoms with Gasteiger partial charge in [0.05, 0.1) is 33.7 Å². The van der Waals surface area contributed by atoms with Crippen LogP contribution in [0.3, 0.4) is 0 Å². The number of hydrogen-bond donors (Lipinski definition) is 2. The summed E-state index contributed by atoms with van der Waals surface area (Å²) >= 11 is 0. The van der Waals surface area contributed by atoms with Gasteiger partial charge in [-0.05, 0) is 6.42 Å². The highest BCUT2D eigenvalue weighted by Crippen LogP contribution is 2.40. The van der Waals surface area contributed by atoms with Gasteiger partial charge in [-0.15, -0.1) is 0 Å². The van der Waals surface area contributed by atoms with E-state index in [1.54, 1.807) is 33.5 Å². The Morgan fingerprint density at radius 1 is 1.00 bits per heavy atom. The first kappa shape index (κ1) is 20.2. The highest BCUT2D eigenvalue weighted by Gasteiger charge is 2.14. The van der Waals surface area contributed by atoms with Gasteiger partial charge in [0.15, 0.2) is 11.5 Å². The van der Waals surface area contributed by atoms with Crippen LogP contribution < -0.4 is 24.8 Å². The normalized spacial score (nSPS) is 10.2. The van der Waals surface area contributed by atoms with Gasteiger partial charge in [0.2, 0.25) is 5.75 Å². The second kappa shape index (κ2) is 10.2. The molecule has 0 saturated heterocycles. The molecule has 0 bridgehead atoms. The van der Waals surface area contributed by atoms with Crippen molar-refractivity contribution in [3.8, 4) is 17.2 Å². The number of nitrogens with one attached hydrogen (secondary N) is 2. The first-order chi connectivity index (χ1) is 13.1. The molecule has 2 N–H and O–H groups in total. The summed E-state index contributed by atoms with van der Waals surface area (Å²) in [5.41, 5.74) is 0.915. The number of carbonyl (C=O) groups excluding carboxylic acids is 1. The lowest BCUT2D eigenvalue weighted by Gasteiger charge is -2.14. The Kier molecular flexibility index (Phi) is 7.63. The number of carbonyl (C=O) groups is 1. The van der Waals surface area contributed by atoms with Gasteiger partial charge in [0, 0.05) is 38.1 Å². The number of aromatic nitrogens is 2. The predicted octanol–water partition coefficient (Wildman–Crippen LogP) is 2.01. The molecule has 0 fully saturated rings. The van der Waals surface area contributed by atoms with Gasteiger partial charge in [-0.1, -0.05) is 0 Å². The third-order valence-electron chi connectivity index (χ3n) is 3.63. The van der Waals surface area contributed by atoms with E-state index in [-0.39, 0.29) is 11.6 Å². The Morgan fingerprint density at radius 3 is 2.22 bits per heavy atom. The molecule has 9 nitrogen and oxygen atoms in total. The average molecular weight is 376 g/mol. The number of methoxy groups -OCH3 is 4. The lowest BCUT2D eigenvalue weighted by Crippen LogP contribution is -2.26. The quantitative estimate of drug-likeness (QED) is 0.607. The smallest absolute Gasteiger partial charge is 0.271 e. The first-order valence-corrected chi connectivity index (χ1v) is 8.29. The standard InChI is InChI=1S/C18H24N4O5/c1-24-7-5-6-19-18(23)13-10-21-16(11-20-13)22-12-8-14(25-2)17(27-4)15(9-12)26-3/h8-11H,5-7H2,1-4H3,(H,19,23)(H,21,22). The van der Waals surface area contributed by atoms with Crippen LogP contribution in [0.1, 0.15) is 16.9 Å². The molecule has 1 aromatic heterocycles. The number of hydrogen-bond acceptors (Lipinski definition) is 8. The first-order valence-electron chi connectivity index (χ1n) is 8.29. The minimum absolute atomic E-state index is 0.239. The summed E-state index contributed by atoms with van der Waals surface area (Å²) in [7, 11) is 6.24. The Balaban J connectivity index is 2.07. The van der Waals surface area contributed by atoms with E-state index in [2.05, 4.69) is 20.6 Å². The van der Waals surface area contributed by atoms with E-state index < -0.39 is 0 Å². The zero-order chi connectivity index (χ0) is 19.6. The van der Waals surface area contributed by atoms with Crippen molar-refractivity contribution >= 4 is 17.4 Å². The van der Waals surface area contributed by atoms with Crippen LogP contribution in [0.4, 0.5) is 11.5 Å². The van der Waals surface area contributed by atoms with Gasteiger partial charge in [-0.2, -0.15) is 0 Å². The molecular weight excluding hydrogens is 352 g/mol. The molecule has 9 heteroatoms. The van der Waals surface area contributed by atoms with E-state index in [0.717, 1.165) is 6.42 Å². The fourth-order valence-electron chi connectivity index (χ4n) is 2.32. The van der Waals surface area contributed by atoms with E-state index >= 15 is 0 Å². The fourth-order valence-corrected chi connectivity index (χ4v) is 2.32. The van der Waals surface area contributed by atoms with Crippen molar-refractivity contribution in [3.05, 3.63) is 30.2 Å². The summed E-state index contributed by atoms with van der Waals surface area (Å²) in [6.07, 6.45) is 3.62. The summed E-state index contributed by atoms with van der Waals surface area (Å²) in [5, 5.41) is 5.85. The minimum atomic E-state index is -0.280. The zero-order valence-electron chi connectivity index (χ0n) is 15.9. The van der Waals surface area contributed by atoms with Gasteiger partial charge in [-0.3, -0.25) is 4.79 Å². The van der Waals surface area contributed by atoms with Crippen LogP contribution >= 0.6 is 0 Å². The Hall–Kier alpha value is -3.07. The highest BCUT2D eigenvalue weighted by atomic mass is 16.5. The molecule has 0 aliphatic heterocycles. The average Bonchev–Trinajstić information content (AvgIpc) is 2.70. The van der Waals surface area contributed by atoms with Crippen LogP contribution in [0.15, 0.2) is 24.5 Å². The Morgan fingerprint density at radius 2 is 1.70 bits per heavy atom. The highest BCUT2D eigenvalue weighted by molar-refractivity contribution is 5.92. The second-order valence-corrected chi connectivity index (χ2v) is 5.43. The van der Waals surface area contributed by atoms with Crippen LogP contribution in [0, 0.1) is 0 Å². The van der Waals surface area contributed by atoms with Crippen molar-refractivity contribution < 1.29 is 23.7 Å². The van der Waals surface area contributed by atoms with E-state index in [1.807, 2.05) is 0 Å². The van der Waals surface area contributed by atoms with E-state index in [1.165, 1.54) is 19.5 Å². The van der Waals surface area contributed by atoms with E-state index in [0.29, 0.717) is 41.9 Å². The maximum atomic E-state index is 12.0. The van der Waals surface area contributed by atoms with Crippen molar-refractivity contribution in [3.63, 3.8) is 0 Å².